The SMILES string of the molecule is CCc1nc2nc(C)c(NC(=O)Nc3ccc(F)c(Cl)c3)c(=O)n2[nH]1. The molecule has 0 aliphatic heterocycles. The van der Waals surface area contributed by atoms with Crippen molar-refractivity contribution in [3.63, 3.8) is 0 Å². The van der Waals surface area contributed by atoms with Crippen molar-refractivity contribution in [3.05, 3.63) is 50.9 Å². The Labute approximate surface area is 146 Å². The number of aryl methyl sites for hydroxylation is 2. The Morgan fingerprint density at radius 1 is 1.36 bits per heavy atom. The highest BCUT2D eigenvalue weighted by molar-refractivity contribution is 6.31. The second kappa shape index (κ2) is 6.52. The Morgan fingerprint density at radius 3 is 2.80 bits per heavy atom. The molecule has 0 unspecified atom stereocenters. The number of hydrogen-bond acceptors (Lipinski definition) is 4. The van der Waals surface area contributed by atoms with E-state index < -0.39 is 17.4 Å². The maximum absolute atomic E-state index is 13.1. The van der Waals surface area contributed by atoms with Gasteiger partial charge >= 0.3 is 6.03 Å². The summed E-state index contributed by atoms with van der Waals surface area (Å²) >= 11 is 5.67. The number of carbonyl (C=O) groups is 1. The number of anilines is 2. The predicted molar refractivity (Wildman–Crippen MR) is 91.8 cm³/mol. The van der Waals surface area contributed by atoms with Crippen LogP contribution in [0.2, 0.25) is 5.02 Å². The van der Waals surface area contributed by atoms with Gasteiger partial charge in [-0.25, -0.2) is 14.2 Å². The van der Waals surface area contributed by atoms with Crippen LogP contribution in [-0.4, -0.2) is 25.6 Å². The summed E-state index contributed by atoms with van der Waals surface area (Å²) in [5.41, 5.74) is 0.133. The molecule has 0 aliphatic rings. The quantitative estimate of drug-likeness (QED) is 0.664. The van der Waals surface area contributed by atoms with E-state index >= 15 is 0 Å². The Morgan fingerprint density at radius 2 is 2.12 bits per heavy atom. The molecule has 130 valence electrons. The average molecular weight is 365 g/mol. The number of nitrogens with zero attached hydrogens (tertiary/aromatic N) is 3. The van der Waals surface area contributed by atoms with Crippen LogP contribution in [0, 0.1) is 12.7 Å². The molecule has 0 saturated carbocycles. The van der Waals surface area contributed by atoms with Gasteiger partial charge < -0.3 is 10.6 Å². The van der Waals surface area contributed by atoms with Gasteiger partial charge in [0, 0.05) is 12.1 Å². The van der Waals surface area contributed by atoms with Crippen LogP contribution in [-0.2, 0) is 6.42 Å². The van der Waals surface area contributed by atoms with Crippen molar-refractivity contribution in [1.29, 1.82) is 0 Å². The largest absolute Gasteiger partial charge is 0.323 e. The molecule has 0 atom stereocenters. The van der Waals surface area contributed by atoms with Gasteiger partial charge in [-0.05, 0) is 25.1 Å². The molecule has 3 aromatic rings. The second-order valence-electron chi connectivity index (χ2n) is 5.24. The molecule has 0 spiro atoms. The number of benzene rings is 1. The molecule has 2 amide bonds. The Bertz CT molecular complexity index is 1030. The van der Waals surface area contributed by atoms with Crippen LogP contribution in [0.1, 0.15) is 18.4 Å². The van der Waals surface area contributed by atoms with Crippen molar-refractivity contribution in [1.82, 2.24) is 19.6 Å². The van der Waals surface area contributed by atoms with Crippen molar-refractivity contribution in [2.24, 2.45) is 0 Å². The molecule has 3 rings (SSSR count). The van der Waals surface area contributed by atoms with Crippen LogP contribution in [0.25, 0.3) is 5.78 Å². The molecule has 0 fully saturated rings. The van der Waals surface area contributed by atoms with E-state index in [1.807, 2.05) is 6.92 Å². The molecular formula is C15H14ClFN6O2. The van der Waals surface area contributed by atoms with E-state index in [9.17, 15) is 14.0 Å². The lowest BCUT2D eigenvalue weighted by atomic mass is 10.3. The van der Waals surface area contributed by atoms with Crippen molar-refractivity contribution in [3.8, 4) is 0 Å². The molecule has 0 radical (unpaired) electrons. The van der Waals surface area contributed by atoms with Crippen LogP contribution in [0.4, 0.5) is 20.6 Å². The van der Waals surface area contributed by atoms with Crippen LogP contribution in [0.5, 0.6) is 0 Å². The molecule has 1 aromatic carbocycles. The van der Waals surface area contributed by atoms with Crippen LogP contribution < -0.4 is 16.2 Å². The third-order valence-corrected chi connectivity index (χ3v) is 3.76. The third-order valence-electron chi connectivity index (χ3n) is 3.47. The number of halogens is 2. The van der Waals surface area contributed by atoms with Crippen LogP contribution in [0.3, 0.4) is 0 Å². The smallest absolute Gasteiger partial charge is 0.308 e. The van der Waals surface area contributed by atoms with Gasteiger partial charge in [0.25, 0.3) is 11.3 Å². The van der Waals surface area contributed by atoms with Gasteiger partial charge in [0.1, 0.15) is 17.3 Å². The van der Waals surface area contributed by atoms with E-state index in [2.05, 4.69) is 25.7 Å². The summed E-state index contributed by atoms with van der Waals surface area (Å²) in [4.78, 5) is 33.0. The lowest BCUT2D eigenvalue weighted by molar-refractivity contribution is 0.262. The number of amides is 2. The first kappa shape index (κ1) is 16.9. The number of aromatic nitrogens is 4. The number of rotatable bonds is 3. The lowest BCUT2D eigenvalue weighted by Gasteiger charge is -2.09. The Kier molecular flexibility index (Phi) is 4.41. The first-order valence-electron chi connectivity index (χ1n) is 7.40. The fourth-order valence-electron chi connectivity index (χ4n) is 2.22. The highest BCUT2D eigenvalue weighted by Crippen LogP contribution is 2.19. The van der Waals surface area contributed by atoms with E-state index in [1.165, 1.54) is 12.1 Å². The van der Waals surface area contributed by atoms with E-state index in [-0.39, 0.29) is 22.2 Å². The minimum atomic E-state index is -0.681. The fourth-order valence-corrected chi connectivity index (χ4v) is 2.40. The monoisotopic (exact) mass is 364 g/mol. The number of aromatic amines is 1. The van der Waals surface area contributed by atoms with Gasteiger partial charge in [-0.3, -0.25) is 9.89 Å². The Balaban J connectivity index is 1.87. The fraction of sp³-hybridized carbons (Fsp3) is 0.200. The Hall–Kier alpha value is -2.94. The molecule has 2 heterocycles. The molecule has 25 heavy (non-hydrogen) atoms. The van der Waals surface area contributed by atoms with Gasteiger partial charge in [-0.2, -0.15) is 9.50 Å². The minimum Gasteiger partial charge on any atom is -0.308 e. The zero-order valence-corrected chi connectivity index (χ0v) is 14.1. The highest BCUT2D eigenvalue weighted by Gasteiger charge is 2.15. The highest BCUT2D eigenvalue weighted by atomic mass is 35.5. The third kappa shape index (κ3) is 3.31. The summed E-state index contributed by atoms with van der Waals surface area (Å²) in [7, 11) is 0. The van der Waals surface area contributed by atoms with Crippen molar-refractivity contribution in [2.75, 3.05) is 10.6 Å². The number of hydrogen-bond donors (Lipinski definition) is 3. The zero-order valence-electron chi connectivity index (χ0n) is 13.4. The molecule has 8 nitrogen and oxygen atoms in total. The number of H-pyrrole nitrogens is 1. The summed E-state index contributed by atoms with van der Waals surface area (Å²) < 4.78 is 14.3. The molecule has 0 aliphatic carbocycles. The van der Waals surface area contributed by atoms with E-state index in [0.717, 1.165) is 10.6 Å². The summed E-state index contributed by atoms with van der Waals surface area (Å²) in [5.74, 6) is 0.240. The average Bonchev–Trinajstić information content (AvgIpc) is 2.98. The van der Waals surface area contributed by atoms with E-state index in [0.29, 0.717) is 17.9 Å². The maximum atomic E-state index is 13.1. The lowest BCUT2D eigenvalue weighted by Crippen LogP contribution is -2.28. The normalized spacial score (nSPS) is 10.9. The number of urea groups is 1. The summed E-state index contributed by atoms with van der Waals surface area (Å²) in [6, 6.07) is 3.06. The molecule has 2 aromatic heterocycles. The van der Waals surface area contributed by atoms with Gasteiger partial charge in [-0.15, -0.1) is 0 Å². The summed E-state index contributed by atoms with van der Waals surface area (Å²) in [5, 5.41) is 7.62. The molecule has 0 bridgehead atoms. The summed E-state index contributed by atoms with van der Waals surface area (Å²) in [6.45, 7) is 3.47. The van der Waals surface area contributed by atoms with Crippen LogP contribution in [0.15, 0.2) is 23.0 Å². The van der Waals surface area contributed by atoms with Crippen molar-refractivity contribution >= 4 is 34.8 Å². The molecule has 10 heteroatoms. The summed E-state index contributed by atoms with van der Waals surface area (Å²) in [6.07, 6.45) is 0.608. The zero-order chi connectivity index (χ0) is 18.1. The van der Waals surface area contributed by atoms with Crippen molar-refractivity contribution in [2.45, 2.75) is 20.3 Å². The molecule has 3 N–H and O–H groups in total. The predicted octanol–water partition coefficient (Wildman–Crippen LogP) is 2.72. The van der Waals surface area contributed by atoms with Gasteiger partial charge in [-0.1, -0.05) is 18.5 Å². The number of carbonyl (C=O) groups excluding carboxylic acids is 1. The molecule has 0 saturated heterocycles. The van der Waals surface area contributed by atoms with Gasteiger partial charge in [0.05, 0.1) is 10.7 Å². The maximum Gasteiger partial charge on any atom is 0.323 e. The first-order valence-corrected chi connectivity index (χ1v) is 7.78. The standard InChI is InChI=1S/C15H14ClFN6O2/c1-3-11-20-14-18-7(2)12(13(24)23(14)22-11)21-15(25)19-8-4-5-10(17)9(16)6-8/h4-6H,3H2,1-2H3,(H,18,20,22)(H2,19,21,25). The number of nitrogens with one attached hydrogen (secondary N) is 3. The van der Waals surface area contributed by atoms with Crippen LogP contribution >= 0.6 is 11.6 Å². The second-order valence-corrected chi connectivity index (χ2v) is 5.65. The topological polar surface area (TPSA) is 104 Å². The first-order chi connectivity index (χ1) is 11.9. The van der Waals surface area contributed by atoms with E-state index in [1.54, 1.807) is 6.92 Å². The number of fused-ring (bicyclic) bond motifs is 1. The molecular weight excluding hydrogens is 351 g/mol. The van der Waals surface area contributed by atoms with Crippen molar-refractivity contribution < 1.29 is 9.18 Å². The minimum absolute atomic E-state index is 0.00881. The van der Waals surface area contributed by atoms with Gasteiger partial charge in [0.2, 0.25) is 0 Å². The van der Waals surface area contributed by atoms with E-state index in [4.69, 9.17) is 11.6 Å². The van der Waals surface area contributed by atoms with Gasteiger partial charge in [0.15, 0.2) is 0 Å².